The maximum absolute atomic E-state index is 9.94. The smallest absolute Gasteiger partial charge is 0.0704 e. The summed E-state index contributed by atoms with van der Waals surface area (Å²) in [4.78, 5) is 0. The van der Waals surface area contributed by atoms with E-state index in [4.69, 9.17) is 0 Å². The summed E-state index contributed by atoms with van der Waals surface area (Å²) in [7, 11) is -1.60. The molecule has 0 aromatic carbocycles. The average Bonchev–Trinajstić information content (AvgIpc) is 2.15. The van der Waals surface area contributed by atoms with Crippen molar-refractivity contribution in [3.05, 3.63) is 12.4 Å². The normalized spacial score (nSPS) is 13.4. The Balaban J connectivity index is 2.58. The fourth-order valence-electron chi connectivity index (χ4n) is 0.299. The zero-order chi connectivity index (χ0) is 6.69. The number of aromatic nitrogens is 3. The van der Waals surface area contributed by atoms with Crippen molar-refractivity contribution in [3.8, 4) is 0 Å². The number of rotatable bonds is 2. The Morgan fingerprint density at radius 3 is 3.00 bits per heavy atom. The van der Waals surface area contributed by atoms with E-state index >= 15 is 0 Å². The van der Waals surface area contributed by atoms with E-state index in [0.29, 0.717) is 11.0 Å². The molecule has 0 radical (unpaired) electrons. The molecule has 0 aliphatic carbocycles. The SMILES string of the molecule is O=S([O-])Sn1ccnn1. The van der Waals surface area contributed by atoms with Crippen LogP contribution in [0.25, 0.3) is 0 Å². The highest BCUT2D eigenvalue weighted by atomic mass is 33.1. The number of hydrogen-bond donors (Lipinski definition) is 0. The molecular weight excluding hydrogens is 162 g/mol. The second-order valence-corrected chi connectivity index (χ2v) is 3.28. The molecular formula is C2H2N3O2S2-. The Labute approximate surface area is 57.3 Å². The highest BCUT2D eigenvalue weighted by Crippen LogP contribution is 2.04. The van der Waals surface area contributed by atoms with Crippen molar-refractivity contribution >= 4 is 21.1 Å². The Morgan fingerprint density at radius 1 is 1.78 bits per heavy atom. The van der Waals surface area contributed by atoms with Crippen LogP contribution in [0.2, 0.25) is 0 Å². The van der Waals surface area contributed by atoms with Gasteiger partial charge in [-0.3, -0.25) is 4.21 Å². The van der Waals surface area contributed by atoms with Gasteiger partial charge in [0.15, 0.2) is 0 Å². The van der Waals surface area contributed by atoms with Crippen molar-refractivity contribution < 1.29 is 8.76 Å². The van der Waals surface area contributed by atoms with Crippen LogP contribution in [0.5, 0.6) is 0 Å². The highest BCUT2D eigenvalue weighted by molar-refractivity contribution is 8.66. The molecule has 1 heterocycles. The molecule has 0 saturated carbocycles. The molecule has 0 saturated heterocycles. The highest BCUT2D eigenvalue weighted by Gasteiger charge is 1.88. The van der Waals surface area contributed by atoms with Crippen LogP contribution in [0.3, 0.4) is 0 Å². The molecule has 1 aromatic heterocycles. The zero-order valence-electron chi connectivity index (χ0n) is 4.13. The molecule has 5 nitrogen and oxygen atoms in total. The van der Waals surface area contributed by atoms with Crippen LogP contribution in [0.15, 0.2) is 12.4 Å². The maximum Gasteiger partial charge on any atom is 0.0704 e. The van der Waals surface area contributed by atoms with E-state index in [1.54, 1.807) is 0 Å². The minimum Gasteiger partial charge on any atom is -0.762 e. The van der Waals surface area contributed by atoms with Gasteiger partial charge in [0, 0.05) is 10.1 Å². The van der Waals surface area contributed by atoms with E-state index in [1.165, 1.54) is 12.4 Å². The molecule has 9 heavy (non-hydrogen) atoms. The van der Waals surface area contributed by atoms with Gasteiger partial charge in [-0.25, -0.2) is 0 Å². The van der Waals surface area contributed by atoms with Crippen molar-refractivity contribution in [1.82, 2.24) is 14.4 Å². The largest absolute Gasteiger partial charge is 0.762 e. The van der Waals surface area contributed by atoms with Crippen molar-refractivity contribution in [2.45, 2.75) is 0 Å². The van der Waals surface area contributed by atoms with Crippen LogP contribution in [0, 0.1) is 0 Å². The fraction of sp³-hybridized carbons (Fsp3) is 0. The van der Waals surface area contributed by atoms with E-state index in [9.17, 15) is 8.76 Å². The molecule has 0 amide bonds. The molecule has 0 aliphatic heterocycles. The first-order valence-corrected chi connectivity index (χ1v) is 4.30. The third kappa shape index (κ3) is 2.12. The summed E-state index contributed by atoms with van der Waals surface area (Å²) in [5.41, 5.74) is 0. The Bertz CT molecular complexity index is 198. The molecule has 0 N–H and O–H groups in total. The Morgan fingerprint density at radius 2 is 2.56 bits per heavy atom. The van der Waals surface area contributed by atoms with Gasteiger partial charge in [-0.15, -0.1) is 5.10 Å². The molecule has 1 unspecified atom stereocenters. The van der Waals surface area contributed by atoms with E-state index in [0.717, 1.165) is 4.09 Å². The lowest BCUT2D eigenvalue weighted by atomic mass is 11.0. The van der Waals surface area contributed by atoms with Crippen LogP contribution in [0.4, 0.5) is 0 Å². The van der Waals surface area contributed by atoms with Crippen LogP contribution in [0.1, 0.15) is 0 Å². The summed E-state index contributed by atoms with van der Waals surface area (Å²) in [6.07, 6.45) is 2.85. The van der Waals surface area contributed by atoms with Gasteiger partial charge in [0.2, 0.25) is 0 Å². The molecule has 7 heteroatoms. The molecule has 1 atom stereocenters. The van der Waals surface area contributed by atoms with Gasteiger partial charge in [0.1, 0.15) is 0 Å². The molecule has 0 fully saturated rings. The van der Waals surface area contributed by atoms with E-state index in [-0.39, 0.29) is 0 Å². The third-order valence-corrected chi connectivity index (χ3v) is 1.83. The van der Waals surface area contributed by atoms with Crippen molar-refractivity contribution in [2.75, 3.05) is 0 Å². The number of nitrogens with zero attached hydrogens (tertiary/aromatic N) is 3. The average molecular weight is 164 g/mol. The summed E-state index contributed by atoms with van der Waals surface area (Å²) < 4.78 is 21.0. The van der Waals surface area contributed by atoms with Crippen molar-refractivity contribution in [2.24, 2.45) is 0 Å². The minimum atomic E-state index is -2.17. The van der Waals surface area contributed by atoms with E-state index < -0.39 is 10.1 Å². The molecule has 0 spiro atoms. The third-order valence-electron chi connectivity index (χ3n) is 0.538. The van der Waals surface area contributed by atoms with Gasteiger partial charge in [0.25, 0.3) is 0 Å². The maximum atomic E-state index is 9.94. The van der Waals surface area contributed by atoms with E-state index in [1.807, 2.05) is 0 Å². The van der Waals surface area contributed by atoms with E-state index in [2.05, 4.69) is 10.3 Å². The first kappa shape index (κ1) is 6.72. The fourth-order valence-corrected chi connectivity index (χ4v) is 1.21. The van der Waals surface area contributed by atoms with Crippen LogP contribution >= 0.6 is 11.0 Å². The summed E-state index contributed by atoms with van der Waals surface area (Å²) in [5, 5.41) is 6.79. The van der Waals surface area contributed by atoms with Gasteiger partial charge in [-0.1, -0.05) is 5.21 Å². The molecule has 0 bridgehead atoms. The van der Waals surface area contributed by atoms with Crippen LogP contribution in [-0.2, 0) is 10.1 Å². The standard InChI is InChI=1S/C2H3N3O2S2/c6-9(7)8-5-2-1-3-4-5/h1-2H,(H,6,7)/p-1. The van der Waals surface area contributed by atoms with Gasteiger partial charge >= 0.3 is 0 Å². The quantitative estimate of drug-likeness (QED) is 0.438. The van der Waals surface area contributed by atoms with Gasteiger partial charge in [-0.2, -0.15) is 4.09 Å². The first-order chi connectivity index (χ1) is 4.29. The minimum absolute atomic E-state index is 0.565. The Kier molecular flexibility index (Phi) is 2.20. The molecule has 50 valence electrons. The summed E-state index contributed by atoms with van der Waals surface area (Å²) in [6.45, 7) is 0. The van der Waals surface area contributed by atoms with Gasteiger partial charge < -0.3 is 4.55 Å². The lowest BCUT2D eigenvalue weighted by Crippen LogP contribution is -1.90. The van der Waals surface area contributed by atoms with Crippen molar-refractivity contribution in [1.29, 1.82) is 0 Å². The molecule has 1 rings (SSSR count). The first-order valence-electron chi connectivity index (χ1n) is 1.93. The van der Waals surface area contributed by atoms with Crippen LogP contribution in [-0.4, -0.2) is 23.2 Å². The predicted octanol–water partition coefficient (Wildman–Crippen LogP) is -0.431. The second kappa shape index (κ2) is 2.95. The lowest BCUT2D eigenvalue weighted by Gasteiger charge is -1.99. The van der Waals surface area contributed by atoms with Gasteiger partial charge in [0.05, 0.1) is 23.4 Å². The Hall–Kier alpha value is -0.400. The van der Waals surface area contributed by atoms with Crippen molar-refractivity contribution in [3.63, 3.8) is 0 Å². The number of hydrogen-bond acceptors (Lipinski definition) is 5. The van der Waals surface area contributed by atoms with Crippen LogP contribution < -0.4 is 0 Å². The predicted molar refractivity (Wildman–Crippen MR) is 31.9 cm³/mol. The second-order valence-electron chi connectivity index (χ2n) is 1.08. The lowest BCUT2D eigenvalue weighted by molar-refractivity contribution is 0.553. The topological polar surface area (TPSA) is 70.8 Å². The molecule has 0 aliphatic rings. The monoisotopic (exact) mass is 164 g/mol. The zero-order valence-corrected chi connectivity index (χ0v) is 5.76. The molecule has 1 aromatic rings. The summed E-state index contributed by atoms with van der Waals surface area (Å²) in [6, 6.07) is 0. The van der Waals surface area contributed by atoms with Gasteiger partial charge in [-0.05, 0) is 0 Å². The summed E-state index contributed by atoms with van der Waals surface area (Å²) in [5.74, 6) is 0. The summed E-state index contributed by atoms with van der Waals surface area (Å²) >= 11 is 0.